The van der Waals surface area contributed by atoms with Crippen LogP contribution in [0.3, 0.4) is 0 Å². The predicted molar refractivity (Wildman–Crippen MR) is 123 cm³/mol. The van der Waals surface area contributed by atoms with Crippen molar-refractivity contribution in [3.05, 3.63) is 95.7 Å². The largest absolute Gasteiger partial charge is 0.497 e. The van der Waals surface area contributed by atoms with Gasteiger partial charge in [0, 0.05) is 6.20 Å². The van der Waals surface area contributed by atoms with E-state index >= 15 is 0 Å². The molecule has 0 radical (unpaired) electrons. The van der Waals surface area contributed by atoms with E-state index in [1.54, 1.807) is 60.6 Å². The molecule has 0 aliphatic carbocycles. The molecule has 34 heavy (non-hydrogen) atoms. The Labute approximate surface area is 195 Å². The van der Waals surface area contributed by atoms with Crippen LogP contribution in [0.25, 0.3) is 0 Å². The van der Waals surface area contributed by atoms with Gasteiger partial charge in [-0.1, -0.05) is 12.1 Å². The fourth-order valence-electron chi connectivity index (χ4n) is 3.20. The van der Waals surface area contributed by atoms with E-state index in [1.165, 1.54) is 7.11 Å². The average molecular weight is 461 g/mol. The first-order valence-corrected chi connectivity index (χ1v) is 10.4. The Hall–Kier alpha value is -4.53. The number of amides is 1. The van der Waals surface area contributed by atoms with Gasteiger partial charge in [0.15, 0.2) is 5.76 Å². The molecule has 0 fully saturated rings. The molecule has 4 rings (SSSR count). The van der Waals surface area contributed by atoms with Gasteiger partial charge in [-0.3, -0.25) is 9.48 Å². The zero-order valence-electron chi connectivity index (χ0n) is 18.7. The smallest absolute Gasteiger partial charge is 0.337 e. The van der Waals surface area contributed by atoms with Gasteiger partial charge in [-0.15, -0.1) is 0 Å². The predicted octanol–water partition coefficient (Wildman–Crippen LogP) is 4.15. The summed E-state index contributed by atoms with van der Waals surface area (Å²) in [6.45, 7) is 0.666. The highest BCUT2D eigenvalue weighted by molar-refractivity contribution is 6.02. The minimum Gasteiger partial charge on any atom is -0.497 e. The molecule has 2 aromatic heterocycles. The highest BCUT2D eigenvalue weighted by atomic mass is 16.5. The first-order chi connectivity index (χ1) is 16.5. The van der Waals surface area contributed by atoms with Crippen LogP contribution in [0, 0.1) is 0 Å². The van der Waals surface area contributed by atoms with E-state index < -0.39 is 11.9 Å². The molecule has 0 saturated carbocycles. The molecule has 0 atom stereocenters. The molecule has 2 aromatic carbocycles. The van der Waals surface area contributed by atoms with Crippen LogP contribution in [0.5, 0.6) is 11.5 Å². The Kier molecular flexibility index (Phi) is 6.92. The van der Waals surface area contributed by atoms with Crippen LogP contribution >= 0.6 is 0 Å². The van der Waals surface area contributed by atoms with Gasteiger partial charge < -0.3 is 23.9 Å². The van der Waals surface area contributed by atoms with Crippen LogP contribution in [0.4, 0.5) is 5.69 Å². The average Bonchev–Trinajstić information content (AvgIpc) is 3.52. The van der Waals surface area contributed by atoms with E-state index in [2.05, 4.69) is 15.2 Å². The summed E-state index contributed by atoms with van der Waals surface area (Å²) in [7, 11) is 2.95. The number of hydrogen-bond acceptors (Lipinski definition) is 7. The van der Waals surface area contributed by atoms with Gasteiger partial charge in [0.05, 0.1) is 38.2 Å². The third kappa shape index (κ3) is 5.63. The molecule has 0 unspecified atom stereocenters. The first-order valence-electron chi connectivity index (χ1n) is 10.4. The van der Waals surface area contributed by atoms with Crippen molar-refractivity contribution in [3.8, 4) is 11.5 Å². The lowest BCUT2D eigenvalue weighted by Gasteiger charge is -2.05. The number of ether oxygens (including phenoxy) is 3. The second-order valence-electron chi connectivity index (χ2n) is 7.30. The summed E-state index contributed by atoms with van der Waals surface area (Å²) in [6.07, 6.45) is 3.31. The number of benzene rings is 2. The fourth-order valence-corrected chi connectivity index (χ4v) is 3.20. The van der Waals surface area contributed by atoms with Gasteiger partial charge in [0.25, 0.3) is 5.91 Å². The number of carbonyl (C=O) groups is 2. The molecule has 0 aliphatic heterocycles. The Morgan fingerprint density at radius 1 is 1.03 bits per heavy atom. The molecular formula is C25H23N3O6. The molecule has 2 heterocycles. The van der Waals surface area contributed by atoms with Crippen molar-refractivity contribution in [1.82, 2.24) is 9.78 Å². The molecule has 0 aliphatic rings. The van der Waals surface area contributed by atoms with E-state index in [9.17, 15) is 9.59 Å². The number of carbonyl (C=O) groups excluding carboxylic acids is 2. The Bertz CT molecular complexity index is 1280. The number of rotatable bonds is 9. The lowest BCUT2D eigenvalue weighted by atomic mass is 10.2. The highest BCUT2D eigenvalue weighted by Gasteiger charge is 2.13. The summed E-state index contributed by atoms with van der Waals surface area (Å²) in [5.74, 6) is 1.15. The van der Waals surface area contributed by atoms with Crippen molar-refractivity contribution >= 4 is 17.6 Å². The topological polar surface area (TPSA) is 105 Å². The standard InChI is InChI=1S/C25H23N3O6/c1-31-21-5-3-4-17(12-21)14-28-15-19(13-26-28)27-24(29)23-11-10-22(34-23)16-33-20-8-6-18(7-9-20)25(30)32-2/h3-13,15H,14,16H2,1-2H3,(H,27,29). The van der Waals surface area contributed by atoms with Crippen LogP contribution < -0.4 is 14.8 Å². The third-order valence-electron chi connectivity index (χ3n) is 4.91. The number of anilines is 1. The van der Waals surface area contributed by atoms with E-state index in [1.807, 2.05) is 24.3 Å². The number of hydrogen-bond donors (Lipinski definition) is 1. The van der Waals surface area contributed by atoms with Crippen LogP contribution in [0.15, 0.2) is 77.5 Å². The lowest BCUT2D eigenvalue weighted by molar-refractivity contribution is 0.0600. The molecule has 1 amide bonds. The number of nitrogens with one attached hydrogen (secondary N) is 1. The monoisotopic (exact) mass is 461 g/mol. The van der Waals surface area contributed by atoms with E-state index in [0.29, 0.717) is 29.3 Å². The SMILES string of the molecule is COC(=O)c1ccc(OCc2ccc(C(=O)Nc3cnn(Cc4cccc(OC)c4)c3)o2)cc1. The van der Waals surface area contributed by atoms with Gasteiger partial charge in [-0.25, -0.2) is 4.79 Å². The molecule has 4 aromatic rings. The molecule has 9 heteroatoms. The van der Waals surface area contributed by atoms with Crippen LogP contribution in [-0.2, 0) is 17.9 Å². The van der Waals surface area contributed by atoms with Gasteiger partial charge in [0.2, 0.25) is 0 Å². The zero-order valence-corrected chi connectivity index (χ0v) is 18.7. The van der Waals surface area contributed by atoms with E-state index in [0.717, 1.165) is 11.3 Å². The van der Waals surface area contributed by atoms with Crippen molar-refractivity contribution in [3.63, 3.8) is 0 Å². The second-order valence-corrected chi connectivity index (χ2v) is 7.30. The molecule has 0 saturated heterocycles. The fraction of sp³-hybridized carbons (Fsp3) is 0.160. The third-order valence-corrected chi connectivity index (χ3v) is 4.91. The van der Waals surface area contributed by atoms with Crippen LogP contribution in [0.1, 0.15) is 32.2 Å². The normalized spacial score (nSPS) is 10.5. The second kappa shape index (κ2) is 10.4. The van der Waals surface area contributed by atoms with Crippen molar-refractivity contribution in [2.45, 2.75) is 13.2 Å². The maximum atomic E-state index is 12.5. The molecular weight excluding hydrogens is 438 g/mol. The Balaban J connectivity index is 1.30. The maximum Gasteiger partial charge on any atom is 0.337 e. The lowest BCUT2D eigenvalue weighted by Crippen LogP contribution is -2.10. The van der Waals surface area contributed by atoms with Crippen LogP contribution in [-0.4, -0.2) is 35.9 Å². The van der Waals surface area contributed by atoms with Crippen molar-refractivity contribution in [2.75, 3.05) is 19.5 Å². The molecule has 0 bridgehead atoms. The summed E-state index contributed by atoms with van der Waals surface area (Å²) in [4.78, 5) is 24.0. The van der Waals surface area contributed by atoms with Gasteiger partial charge in [0.1, 0.15) is 23.9 Å². The molecule has 9 nitrogen and oxygen atoms in total. The quantitative estimate of drug-likeness (QED) is 0.373. The van der Waals surface area contributed by atoms with Crippen molar-refractivity contribution < 1.29 is 28.2 Å². The summed E-state index contributed by atoms with van der Waals surface area (Å²) in [5.41, 5.74) is 2.00. The maximum absolute atomic E-state index is 12.5. The van der Waals surface area contributed by atoms with Crippen molar-refractivity contribution in [2.24, 2.45) is 0 Å². The van der Waals surface area contributed by atoms with E-state index in [4.69, 9.17) is 13.9 Å². The van der Waals surface area contributed by atoms with Gasteiger partial charge in [-0.2, -0.15) is 5.10 Å². The Morgan fingerprint density at radius 2 is 1.85 bits per heavy atom. The van der Waals surface area contributed by atoms with Crippen molar-refractivity contribution in [1.29, 1.82) is 0 Å². The first kappa shape index (κ1) is 22.7. The van der Waals surface area contributed by atoms with E-state index in [-0.39, 0.29) is 12.4 Å². The summed E-state index contributed by atoms with van der Waals surface area (Å²) < 4.78 is 22.9. The summed E-state index contributed by atoms with van der Waals surface area (Å²) in [5, 5.41) is 7.06. The summed E-state index contributed by atoms with van der Waals surface area (Å²) >= 11 is 0. The number of furan rings is 1. The van der Waals surface area contributed by atoms with Crippen LogP contribution in [0.2, 0.25) is 0 Å². The molecule has 0 spiro atoms. The minimum absolute atomic E-state index is 0.128. The number of aromatic nitrogens is 2. The summed E-state index contributed by atoms with van der Waals surface area (Å²) in [6, 6.07) is 17.5. The number of esters is 1. The zero-order chi connectivity index (χ0) is 23.9. The van der Waals surface area contributed by atoms with Gasteiger partial charge >= 0.3 is 5.97 Å². The number of nitrogens with zero attached hydrogens (tertiary/aromatic N) is 2. The molecule has 1 N–H and O–H groups in total. The minimum atomic E-state index is -0.418. The van der Waals surface area contributed by atoms with Gasteiger partial charge in [-0.05, 0) is 54.1 Å². The number of methoxy groups -OCH3 is 2. The highest BCUT2D eigenvalue weighted by Crippen LogP contribution is 2.18. The molecule has 174 valence electrons. The Morgan fingerprint density at radius 3 is 2.62 bits per heavy atom.